The first-order valence-electron chi connectivity index (χ1n) is 6.20. The van der Waals surface area contributed by atoms with Gasteiger partial charge in [-0.15, -0.1) is 0 Å². The molecule has 1 aliphatic rings. The maximum Gasteiger partial charge on any atom is 0.192 e. The second-order valence-corrected chi connectivity index (χ2v) is 4.86. The number of aromatic nitrogens is 2. The minimum absolute atomic E-state index is 0.00695. The second-order valence-electron chi connectivity index (χ2n) is 4.86. The third kappa shape index (κ3) is 2.23. The zero-order valence-corrected chi connectivity index (χ0v) is 10.7. The Labute approximate surface area is 107 Å². The largest absolute Gasteiger partial charge is 0.409 e. The SMILES string of the molecule is CC(C)C1CCCN1c1nccnc1/C(N)=N/O. The first-order chi connectivity index (χ1) is 8.65. The summed E-state index contributed by atoms with van der Waals surface area (Å²) in [4.78, 5) is 10.7. The summed E-state index contributed by atoms with van der Waals surface area (Å²) in [7, 11) is 0. The molecule has 1 unspecified atom stereocenters. The van der Waals surface area contributed by atoms with Crippen LogP contribution in [0, 0.1) is 5.92 Å². The standard InChI is InChI=1S/C12H19N5O/c1-8(2)9-4-3-7-17(9)12-10(11(13)16-18)14-5-6-15-12/h5-6,8-9,18H,3-4,7H2,1-2H3,(H2,13,16). The summed E-state index contributed by atoms with van der Waals surface area (Å²) in [5.74, 6) is 1.26. The summed E-state index contributed by atoms with van der Waals surface area (Å²) < 4.78 is 0. The molecular weight excluding hydrogens is 230 g/mol. The number of amidine groups is 1. The van der Waals surface area contributed by atoms with E-state index >= 15 is 0 Å². The maximum atomic E-state index is 8.81. The molecule has 98 valence electrons. The minimum atomic E-state index is 0.00695. The van der Waals surface area contributed by atoms with Crippen molar-refractivity contribution in [2.75, 3.05) is 11.4 Å². The van der Waals surface area contributed by atoms with E-state index < -0.39 is 0 Å². The van der Waals surface area contributed by atoms with Gasteiger partial charge >= 0.3 is 0 Å². The Bertz CT molecular complexity index is 446. The molecule has 3 N–H and O–H groups in total. The molecule has 6 nitrogen and oxygen atoms in total. The highest BCUT2D eigenvalue weighted by Crippen LogP contribution is 2.29. The van der Waals surface area contributed by atoms with Crippen LogP contribution in [0.5, 0.6) is 0 Å². The van der Waals surface area contributed by atoms with Gasteiger partial charge in [-0.2, -0.15) is 0 Å². The van der Waals surface area contributed by atoms with Crippen LogP contribution in [0.1, 0.15) is 32.4 Å². The van der Waals surface area contributed by atoms with Crippen molar-refractivity contribution < 1.29 is 5.21 Å². The van der Waals surface area contributed by atoms with Crippen LogP contribution in [0.15, 0.2) is 17.5 Å². The smallest absolute Gasteiger partial charge is 0.192 e. The van der Waals surface area contributed by atoms with Gasteiger partial charge in [-0.05, 0) is 18.8 Å². The van der Waals surface area contributed by atoms with Crippen molar-refractivity contribution in [3.8, 4) is 0 Å². The van der Waals surface area contributed by atoms with E-state index in [1.165, 1.54) is 0 Å². The Morgan fingerprint density at radius 3 is 2.89 bits per heavy atom. The van der Waals surface area contributed by atoms with Crippen LogP contribution in [-0.2, 0) is 0 Å². The third-order valence-electron chi connectivity index (χ3n) is 3.37. The van der Waals surface area contributed by atoms with Gasteiger partial charge in [0.2, 0.25) is 0 Å². The number of oxime groups is 1. The van der Waals surface area contributed by atoms with E-state index in [0.717, 1.165) is 19.4 Å². The van der Waals surface area contributed by atoms with Crippen LogP contribution in [0.2, 0.25) is 0 Å². The van der Waals surface area contributed by atoms with Gasteiger partial charge < -0.3 is 15.8 Å². The van der Waals surface area contributed by atoms with E-state index in [-0.39, 0.29) is 5.84 Å². The fourth-order valence-corrected chi connectivity index (χ4v) is 2.52. The van der Waals surface area contributed by atoms with Crippen LogP contribution in [-0.4, -0.2) is 33.6 Å². The molecule has 1 aromatic rings. The molecule has 2 heterocycles. The molecule has 18 heavy (non-hydrogen) atoms. The first kappa shape index (κ1) is 12.6. The molecule has 0 saturated carbocycles. The van der Waals surface area contributed by atoms with Crippen molar-refractivity contribution in [3.63, 3.8) is 0 Å². The summed E-state index contributed by atoms with van der Waals surface area (Å²) >= 11 is 0. The van der Waals surface area contributed by atoms with Crippen molar-refractivity contribution in [2.45, 2.75) is 32.7 Å². The lowest BCUT2D eigenvalue weighted by Crippen LogP contribution is -2.36. The van der Waals surface area contributed by atoms with Crippen LogP contribution >= 0.6 is 0 Å². The Balaban J connectivity index is 2.38. The van der Waals surface area contributed by atoms with E-state index in [1.807, 2.05) is 0 Å². The van der Waals surface area contributed by atoms with Crippen LogP contribution in [0.3, 0.4) is 0 Å². The summed E-state index contributed by atoms with van der Waals surface area (Å²) in [6.07, 6.45) is 5.47. The van der Waals surface area contributed by atoms with Crippen LogP contribution in [0.4, 0.5) is 5.82 Å². The van der Waals surface area contributed by atoms with Gasteiger partial charge in [-0.25, -0.2) is 9.97 Å². The summed E-state index contributed by atoms with van der Waals surface area (Å²) in [5, 5.41) is 11.8. The lowest BCUT2D eigenvalue weighted by molar-refractivity contribution is 0.318. The Morgan fingerprint density at radius 2 is 2.22 bits per heavy atom. The number of anilines is 1. The predicted octanol–water partition coefficient (Wildman–Crippen LogP) is 1.20. The Kier molecular flexibility index (Phi) is 3.64. The van der Waals surface area contributed by atoms with Gasteiger partial charge in [0.05, 0.1) is 0 Å². The van der Waals surface area contributed by atoms with Gasteiger partial charge in [0.15, 0.2) is 17.3 Å². The van der Waals surface area contributed by atoms with Crippen molar-refractivity contribution in [2.24, 2.45) is 16.8 Å². The van der Waals surface area contributed by atoms with Crippen molar-refractivity contribution in [3.05, 3.63) is 18.1 Å². The maximum absolute atomic E-state index is 8.81. The Hall–Kier alpha value is -1.85. The fourth-order valence-electron chi connectivity index (χ4n) is 2.52. The molecule has 1 atom stereocenters. The average molecular weight is 249 g/mol. The molecule has 0 spiro atoms. The number of nitrogens with zero attached hydrogens (tertiary/aromatic N) is 4. The summed E-state index contributed by atoms with van der Waals surface area (Å²) in [6.45, 7) is 5.33. The highest BCUT2D eigenvalue weighted by molar-refractivity contribution is 5.99. The van der Waals surface area contributed by atoms with Gasteiger partial charge in [-0.3, -0.25) is 0 Å². The topological polar surface area (TPSA) is 87.6 Å². The van der Waals surface area contributed by atoms with Crippen LogP contribution < -0.4 is 10.6 Å². The molecular formula is C12H19N5O. The van der Waals surface area contributed by atoms with Crippen LogP contribution in [0.25, 0.3) is 0 Å². The number of rotatable bonds is 3. The second kappa shape index (κ2) is 5.20. The minimum Gasteiger partial charge on any atom is -0.409 e. The van der Waals surface area contributed by atoms with Crippen molar-refractivity contribution in [1.29, 1.82) is 0 Å². The molecule has 0 bridgehead atoms. The first-order valence-corrected chi connectivity index (χ1v) is 6.20. The lowest BCUT2D eigenvalue weighted by atomic mass is 10.0. The van der Waals surface area contributed by atoms with E-state index in [2.05, 4.69) is 33.9 Å². The molecule has 1 fully saturated rings. The van der Waals surface area contributed by atoms with E-state index in [9.17, 15) is 0 Å². The van der Waals surface area contributed by atoms with Gasteiger partial charge in [0.1, 0.15) is 0 Å². The Morgan fingerprint density at radius 1 is 1.50 bits per heavy atom. The monoisotopic (exact) mass is 249 g/mol. The molecule has 1 saturated heterocycles. The molecule has 0 aromatic carbocycles. The van der Waals surface area contributed by atoms with E-state index in [1.54, 1.807) is 12.4 Å². The van der Waals surface area contributed by atoms with Crippen molar-refractivity contribution in [1.82, 2.24) is 9.97 Å². The zero-order chi connectivity index (χ0) is 13.1. The molecule has 0 radical (unpaired) electrons. The molecule has 0 amide bonds. The van der Waals surface area contributed by atoms with Gasteiger partial charge in [-0.1, -0.05) is 19.0 Å². The highest BCUT2D eigenvalue weighted by atomic mass is 16.4. The van der Waals surface area contributed by atoms with Gasteiger partial charge in [0, 0.05) is 25.0 Å². The van der Waals surface area contributed by atoms with Gasteiger partial charge in [0.25, 0.3) is 0 Å². The number of nitrogens with two attached hydrogens (primary N) is 1. The van der Waals surface area contributed by atoms with E-state index in [0.29, 0.717) is 23.5 Å². The summed E-state index contributed by atoms with van der Waals surface area (Å²) in [6, 6.07) is 0.437. The normalized spacial score (nSPS) is 20.7. The molecule has 1 aliphatic heterocycles. The fraction of sp³-hybridized carbons (Fsp3) is 0.583. The summed E-state index contributed by atoms with van der Waals surface area (Å²) in [5.41, 5.74) is 6.11. The third-order valence-corrected chi connectivity index (χ3v) is 3.37. The number of hydrogen-bond donors (Lipinski definition) is 2. The predicted molar refractivity (Wildman–Crippen MR) is 69.7 cm³/mol. The zero-order valence-electron chi connectivity index (χ0n) is 10.7. The van der Waals surface area contributed by atoms with Crippen molar-refractivity contribution >= 4 is 11.7 Å². The number of hydrogen-bond acceptors (Lipinski definition) is 5. The quantitative estimate of drug-likeness (QED) is 0.364. The molecule has 0 aliphatic carbocycles. The highest BCUT2D eigenvalue weighted by Gasteiger charge is 2.30. The molecule has 6 heteroatoms. The molecule has 1 aromatic heterocycles. The molecule has 2 rings (SSSR count). The van der Waals surface area contributed by atoms with E-state index in [4.69, 9.17) is 10.9 Å². The lowest BCUT2D eigenvalue weighted by Gasteiger charge is -2.29. The average Bonchev–Trinajstić information content (AvgIpc) is 2.87.